The standard InChI is InChI=1S/C22H26N4O5S2/c1-30-18-9-7-17(8-10-18)26-33(28,29)20-11-4-16(5-12-20)6-13-21(27)24-25-22(32)23-15-19-3-2-14-31-19/h4-13,19,26H,2-3,14-15H2,1H3,(H,24,27)(H2,23,25,32)/b13-6+. The molecule has 0 radical (unpaired) electrons. The van der Waals surface area contributed by atoms with Crippen LogP contribution in [0.2, 0.25) is 0 Å². The molecule has 11 heteroatoms. The topological polar surface area (TPSA) is 118 Å². The fraction of sp³-hybridized carbons (Fsp3) is 0.273. The maximum atomic E-state index is 12.6. The second-order valence-corrected chi connectivity index (χ2v) is 9.29. The normalized spacial score (nSPS) is 15.7. The molecule has 1 aliphatic heterocycles. The Morgan fingerprint density at radius 1 is 1.15 bits per heavy atom. The lowest BCUT2D eigenvalue weighted by Gasteiger charge is -2.13. The molecule has 0 aromatic heterocycles. The highest BCUT2D eigenvalue weighted by Gasteiger charge is 2.15. The largest absolute Gasteiger partial charge is 0.497 e. The molecule has 2 aromatic carbocycles. The summed E-state index contributed by atoms with van der Waals surface area (Å²) in [5.74, 6) is 0.222. The summed E-state index contributed by atoms with van der Waals surface area (Å²) in [5.41, 5.74) is 6.17. The Hall–Kier alpha value is -3.15. The summed E-state index contributed by atoms with van der Waals surface area (Å²) in [6, 6.07) is 12.7. The molecule has 1 aliphatic rings. The van der Waals surface area contributed by atoms with E-state index in [1.165, 1.54) is 25.3 Å². The van der Waals surface area contributed by atoms with Crippen LogP contribution < -0.4 is 25.6 Å². The summed E-state index contributed by atoms with van der Waals surface area (Å²) in [6.07, 6.45) is 5.04. The zero-order valence-electron chi connectivity index (χ0n) is 18.0. The van der Waals surface area contributed by atoms with Crippen molar-refractivity contribution in [2.24, 2.45) is 0 Å². The van der Waals surface area contributed by atoms with Crippen LogP contribution in [0, 0.1) is 0 Å². The van der Waals surface area contributed by atoms with Crippen molar-refractivity contribution in [1.29, 1.82) is 0 Å². The molecule has 1 saturated heterocycles. The van der Waals surface area contributed by atoms with Gasteiger partial charge >= 0.3 is 0 Å². The van der Waals surface area contributed by atoms with Crippen LogP contribution >= 0.6 is 12.2 Å². The van der Waals surface area contributed by atoms with Crippen LogP contribution in [-0.4, -0.2) is 45.8 Å². The van der Waals surface area contributed by atoms with Crippen LogP contribution in [0.15, 0.2) is 59.5 Å². The fourth-order valence-corrected chi connectivity index (χ4v) is 4.21. The van der Waals surface area contributed by atoms with Gasteiger partial charge in [-0.2, -0.15) is 0 Å². The van der Waals surface area contributed by atoms with Crippen molar-refractivity contribution < 1.29 is 22.7 Å². The van der Waals surface area contributed by atoms with Crippen molar-refractivity contribution in [3.8, 4) is 5.75 Å². The van der Waals surface area contributed by atoms with Crippen molar-refractivity contribution in [1.82, 2.24) is 16.2 Å². The molecule has 1 atom stereocenters. The van der Waals surface area contributed by atoms with Crippen molar-refractivity contribution in [2.75, 3.05) is 25.0 Å². The predicted molar refractivity (Wildman–Crippen MR) is 130 cm³/mol. The molecule has 0 spiro atoms. The Bertz CT molecular complexity index is 1080. The molecule has 1 amide bonds. The first-order valence-corrected chi connectivity index (χ1v) is 12.2. The quantitative estimate of drug-likeness (QED) is 0.253. The number of methoxy groups -OCH3 is 1. The van der Waals surface area contributed by atoms with Gasteiger partial charge in [0.2, 0.25) is 0 Å². The summed E-state index contributed by atoms with van der Waals surface area (Å²) in [4.78, 5) is 12.1. The molecular weight excluding hydrogens is 464 g/mol. The average molecular weight is 491 g/mol. The average Bonchev–Trinajstić information content (AvgIpc) is 3.34. The van der Waals surface area contributed by atoms with Crippen molar-refractivity contribution in [2.45, 2.75) is 23.8 Å². The summed E-state index contributed by atoms with van der Waals surface area (Å²) in [5, 5.41) is 3.28. The molecule has 4 N–H and O–H groups in total. The van der Waals surface area contributed by atoms with Gasteiger partial charge in [0.05, 0.1) is 18.1 Å². The van der Waals surface area contributed by atoms with Gasteiger partial charge in [-0.05, 0) is 73.1 Å². The Morgan fingerprint density at radius 2 is 1.88 bits per heavy atom. The van der Waals surface area contributed by atoms with Gasteiger partial charge in [-0.15, -0.1) is 0 Å². The van der Waals surface area contributed by atoms with Gasteiger partial charge in [-0.3, -0.25) is 20.4 Å². The Balaban J connectivity index is 1.47. The highest BCUT2D eigenvalue weighted by Crippen LogP contribution is 2.20. The van der Waals surface area contributed by atoms with E-state index in [0.29, 0.717) is 28.7 Å². The molecule has 0 saturated carbocycles. The Morgan fingerprint density at radius 3 is 2.52 bits per heavy atom. The molecule has 176 valence electrons. The lowest BCUT2D eigenvalue weighted by atomic mass is 10.2. The van der Waals surface area contributed by atoms with Crippen LogP contribution in [0.3, 0.4) is 0 Å². The van der Waals surface area contributed by atoms with E-state index in [2.05, 4.69) is 20.9 Å². The number of ether oxygens (including phenoxy) is 2. The number of benzene rings is 2. The number of anilines is 1. The zero-order chi connectivity index (χ0) is 23.7. The number of hydrazine groups is 1. The fourth-order valence-electron chi connectivity index (χ4n) is 3.02. The van der Waals surface area contributed by atoms with Gasteiger partial charge in [0.1, 0.15) is 5.75 Å². The van der Waals surface area contributed by atoms with Gasteiger partial charge in [-0.25, -0.2) is 8.42 Å². The highest BCUT2D eigenvalue weighted by molar-refractivity contribution is 7.92. The minimum atomic E-state index is -3.75. The van der Waals surface area contributed by atoms with E-state index in [9.17, 15) is 13.2 Å². The SMILES string of the molecule is COc1ccc(NS(=O)(=O)c2ccc(/C=C/C(=O)NNC(=S)NCC3CCCO3)cc2)cc1. The van der Waals surface area contributed by atoms with E-state index in [4.69, 9.17) is 21.7 Å². The monoisotopic (exact) mass is 490 g/mol. The first-order valence-electron chi connectivity index (χ1n) is 10.3. The molecule has 0 aliphatic carbocycles. The van der Waals surface area contributed by atoms with Gasteiger partial charge in [0.25, 0.3) is 15.9 Å². The second-order valence-electron chi connectivity index (χ2n) is 7.20. The lowest BCUT2D eigenvalue weighted by Crippen LogP contribution is -2.47. The summed E-state index contributed by atoms with van der Waals surface area (Å²) >= 11 is 5.11. The number of carbonyl (C=O) groups is 1. The van der Waals surface area contributed by atoms with E-state index in [1.54, 1.807) is 42.5 Å². The van der Waals surface area contributed by atoms with E-state index in [-0.39, 0.29) is 11.0 Å². The minimum absolute atomic E-state index is 0.101. The third-order valence-electron chi connectivity index (χ3n) is 4.77. The Kier molecular flexibility index (Phi) is 8.64. The summed E-state index contributed by atoms with van der Waals surface area (Å²) in [6.45, 7) is 1.35. The van der Waals surface area contributed by atoms with Crippen molar-refractivity contribution in [3.05, 3.63) is 60.2 Å². The number of hydrogen-bond donors (Lipinski definition) is 4. The first kappa shape index (κ1) is 24.5. The molecule has 9 nitrogen and oxygen atoms in total. The number of sulfonamides is 1. The smallest absolute Gasteiger partial charge is 0.262 e. The molecule has 3 rings (SSSR count). The molecule has 33 heavy (non-hydrogen) atoms. The van der Waals surface area contributed by atoms with Crippen LogP contribution in [0.5, 0.6) is 5.75 Å². The number of thiocarbonyl (C=S) groups is 1. The van der Waals surface area contributed by atoms with Gasteiger partial charge in [0.15, 0.2) is 5.11 Å². The minimum Gasteiger partial charge on any atom is -0.497 e. The van der Waals surface area contributed by atoms with Crippen LogP contribution in [0.4, 0.5) is 5.69 Å². The van der Waals surface area contributed by atoms with Gasteiger partial charge < -0.3 is 14.8 Å². The maximum Gasteiger partial charge on any atom is 0.262 e. The third-order valence-corrected chi connectivity index (χ3v) is 6.42. The molecule has 0 bridgehead atoms. The number of amides is 1. The molecular formula is C22H26N4O5S2. The number of rotatable bonds is 8. The first-order chi connectivity index (χ1) is 15.9. The third kappa shape index (κ3) is 7.74. The van der Waals surface area contributed by atoms with Crippen LogP contribution in [0.1, 0.15) is 18.4 Å². The lowest BCUT2D eigenvalue weighted by molar-refractivity contribution is -0.116. The number of hydrogen-bond acceptors (Lipinski definition) is 6. The molecule has 1 fully saturated rings. The molecule has 2 aromatic rings. The van der Waals surface area contributed by atoms with E-state index < -0.39 is 15.9 Å². The zero-order valence-corrected chi connectivity index (χ0v) is 19.7. The predicted octanol–water partition coefficient (Wildman–Crippen LogP) is 2.18. The van der Waals surface area contributed by atoms with Gasteiger partial charge in [0, 0.05) is 24.9 Å². The second kappa shape index (κ2) is 11.6. The maximum absolute atomic E-state index is 12.6. The van der Waals surface area contributed by atoms with Gasteiger partial charge in [-0.1, -0.05) is 12.1 Å². The Labute approximate surface area is 198 Å². The van der Waals surface area contributed by atoms with E-state index in [0.717, 1.165) is 19.4 Å². The highest BCUT2D eigenvalue weighted by atomic mass is 32.2. The van der Waals surface area contributed by atoms with Crippen molar-refractivity contribution in [3.63, 3.8) is 0 Å². The number of nitrogens with one attached hydrogen (secondary N) is 4. The summed E-state index contributed by atoms with van der Waals surface area (Å²) in [7, 11) is -2.21. The van der Waals surface area contributed by atoms with E-state index in [1.807, 2.05) is 0 Å². The van der Waals surface area contributed by atoms with Crippen LogP contribution in [0.25, 0.3) is 6.08 Å². The van der Waals surface area contributed by atoms with Crippen LogP contribution in [-0.2, 0) is 19.6 Å². The molecule has 1 heterocycles. The molecule has 1 unspecified atom stereocenters. The van der Waals surface area contributed by atoms with E-state index >= 15 is 0 Å². The number of carbonyl (C=O) groups excluding carboxylic acids is 1. The van der Waals surface area contributed by atoms with Crippen molar-refractivity contribution >= 4 is 45.0 Å². The summed E-state index contributed by atoms with van der Waals surface area (Å²) < 4.78 is 38.2.